The van der Waals surface area contributed by atoms with Gasteiger partial charge in [0.25, 0.3) is 0 Å². The number of aryl methyl sites for hydroxylation is 3. The Kier molecular flexibility index (Phi) is 14.8. The van der Waals surface area contributed by atoms with Crippen LogP contribution in [-0.2, 0) is 21.7 Å². The fraction of sp³-hybridized carbons (Fsp3) is 0.564. The molecule has 0 atom stereocenters. The number of hydrogen-bond acceptors (Lipinski definition) is 7. The predicted molar refractivity (Wildman–Crippen MR) is 193 cm³/mol. The van der Waals surface area contributed by atoms with Crippen LogP contribution in [0.4, 0.5) is 0 Å². The van der Waals surface area contributed by atoms with Gasteiger partial charge >= 0.3 is 0 Å². The summed E-state index contributed by atoms with van der Waals surface area (Å²) >= 11 is 0. The second-order valence-corrected chi connectivity index (χ2v) is 16.2. The lowest BCUT2D eigenvalue weighted by Crippen LogP contribution is -2.15. The highest BCUT2D eigenvalue weighted by Crippen LogP contribution is 2.24. The number of rotatable bonds is 1. The summed E-state index contributed by atoms with van der Waals surface area (Å²) < 4.78 is 0. The Labute approximate surface area is 280 Å². The van der Waals surface area contributed by atoms with Crippen molar-refractivity contribution in [3.63, 3.8) is 0 Å². The van der Waals surface area contributed by atoms with Crippen LogP contribution in [0.2, 0.25) is 0 Å². The van der Waals surface area contributed by atoms with Crippen molar-refractivity contribution in [2.24, 2.45) is 0 Å². The Morgan fingerprint density at radius 3 is 1.26 bits per heavy atom. The largest absolute Gasteiger partial charge is 0.264 e. The molecule has 46 heavy (non-hydrogen) atoms. The summed E-state index contributed by atoms with van der Waals surface area (Å²) in [5.74, 6) is 3.01. The van der Waals surface area contributed by atoms with Gasteiger partial charge in [0.1, 0.15) is 17.5 Å². The molecule has 7 heteroatoms. The van der Waals surface area contributed by atoms with E-state index in [1.54, 1.807) is 6.20 Å². The van der Waals surface area contributed by atoms with E-state index in [4.69, 9.17) is 0 Å². The van der Waals surface area contributed by atoms with Crippen molar-refractivity contribution in [1.82, 2.24) is 34.9 Å². The topological polar surface area (TPSA) is 90.2 Å². The van der Waals surface area contributed by atoms with Crippen LogP contribution in [0.15, 0.2) is 55.5 Å². The summed E-state index contributed by atoms with van der Waals surface area (Å²) in [7, 11) is 0. The Morgan fingerprint density at radius 2 is 0.935 bits per heavy atom. The third kappa shape index (κ3) is 14.7. The molecule has 252 valence electrons. The SMILES string of the molecule is CC(C)(C)c1cccnc1.CC(C)c1ncc(C(C)(C)C)cn1.Cc1ncc(C(C)(C)C)c(C)n1.Cc1ncc(C(C)(C)C)cn1. The fourth-order valence-electron chi connectivity index (χ4n) is 3.93. The molecule has 0 bridgehead atoms. The number of pyridine rings is 1. The van der Waals surface area contributed by atoms with Crippen LogP contribution in [0, 0.1) is 20.8 Å². The Hall–Kier alpha value is -3.61. The van der Waals surface area contributed by atoms with E-state index < -0.39 is 0 Å². The van der Waals surface area contributed by atoms with Gasteiger partial charge in [-0.05, 0) is 70.8 Å². The van der Waals surface area contributed by atoms with Crippen LogP contribution in [0.25, 0.3) is 0 Å². The van der Waals surface area contributed by atoms with Crippen molar-refractivity contribution >= 4 is 0 Å². The maximum absolute atomic E-state index is 4.33. The molecule has 0 saturated heterocycles. The first kappa shape index (κ1) is 40.4. The van der Waals surface area contributed by atoms with E-state index in [0.717, 1.165) is 23.2 Å². The molecular weight excluding hydrogens is 566 g/mol. The van der Waals surface area contributed by atoms with Gasteiger partial charge in [0, 0.05) is 55.0 Å². The zero-order chi connectivity index (χ0) is 35.5. The highest BCUT2D eigenvalue weighted by Gasteiger charge is 2.17. The molecule has 0 amide bonds. The molecule has 0 fully saturated rings. The average Bonchev–Trinajstić information content (AvgIpc) is 2.93. The van der Waals surface area contributed by atoms with Crippen LogP contribution in [0.1, 0.15) is 148 Å². The molecule has 0 radical (unpaired) electrons. The zero-order valence-corrected chi connectivity index (χ0v) is 31.9. The monoisotopic (exact) mass is 627 g/mol. The van der Waals surface area contributed by atoms with Gasteiger partial charge in [0.05, 0.1) is 0 Å². The normalized spacial score (nSPS) is 11.8. The van der Waals surface area contributed by atoms with Crippen molar-refractivity contribution in [3.8, 4) is 0 Å². The Balaban J connectivity index is 0.000000308. The lowest BCUT2D eigenvalue weighted by Gasteiger charge is -2.20. The van der Waals surface area contributed by atoms with E-state index in [1.807, 2.05) is 64.0 Å². The van der Waals surface area contributed by atoms with Gasteiger partial charge < -0.3 is 0 Å². The molecule has 0 aromatic carbocycles. The molecule has 4 rings (SSSR count). The fourth-order valence-corrected chi connectivity index (χ4v) is 3.93. The number of hydrogen-bond donors (Lipinski definition) is 0. The standard InChI is InChI=1S/C11H18N2.C10H16N2.C9H14N2.C9H13N/c1-8(2)10-12-6-9(7-13-10)11(3,4)5;1-7-9(10(3,4)5)6-11-8(2)12-7;1-7-10-5-8(6-11-7)9(2,3)4;1-9(2,3)8-5-4-6-10-7-8/h6-8H,1-5H3;6H,1-5H3;5-6H,1-4H3;4-7H,1-3H3. The van der Waals surface area contributed by atoms with E-state index in [-0.39, 0.29) is 21.7 Å². The van der Waals surface area contributed by atoms with Crippen molar-refractivity contribution < 1.29 is 0 Å². The molecule has 0 aliphatic carbocycles. The Bertz CT molecular complexity index is 1430. The Morgan fingerprint density at radius 1 is 0.500 bits per heavy atom. The molecule has 0 unspecified atom stereocenters. The minimum atomic E-state index is 0.148. The van der Waals surface area contributed by atoms with Crippen LogP contribution >= 0.6 is 0 Å². The maximum Gasteiger partial charge on any atom is 0.130 e. The predicted octanol–water partition coefficient (Wildman–Crippen LogP) is 9.75. The third-order valence-electron chi connectivity index (χ3n) is 7.14. The van der Waals surface area contributed by atoms with Crippen LogP contribution in [-0.4, -0.2) is 34.9 Å². The summed E-state index contributed by atoms with van der Waals surface area (Å²) in [5.41, 5.74) is 6.67. The summed E-state index contributed by atoms with van der Waals surface area (Å²) in [6.07, 6.45) is 13.3. The van der Waals surface area contributed by atoms with Gasteiger partial charge in [-0.2, -0.15) is 0 Å². The van der Waals surface area contributed by atoms with Crippen LogP contribution < -0.4 is 0 Å². The zero-order valence-electron chi connectivity index (χ0n) is 31.9. The first-order valence-electron chi connectivity index (χ1n) is 16.3. The van der Waals surface area contributed by atoms with E-state index in [1.165, 1.54) is 22.3 Å². The number of aromatic nitrogens is 7. The van der Waals surface area contributed by atoms with Crippen LogP contribution in [0.5, 0.6) is 0 Å². The maximum atomic E-state index is 4.33. The summed E-state index contributed by atoms with van der Waals surface area (Å²) in [5, 5.41) is 0. The second-order valence-electron chi connectivity index (χ2n) is 16.2. The van der Waals surface area contributed by atoms with Gasteiger partial charge in [-0.15, -0.1) is 0 Å². The van der Waals surface area contributed by atoms with Gasteiger partial charge in [0.15, 0.2) is 0 Å². The van der Waals surface area contributed by atoms with Crippen molar-refractivity contribution in [1.29, 1.82) is 0 Å². The molecule has 0 aliphatic rings. The smallest absolute Gasteiger partial charge is 0.130 e. The van der Waals surface area contributed by atoms with Crippen LogP contribution in [0.3, 0.4) is 0 Å². The summed E-state index contributed by atoms with van der Waals surface area (Å²) in [6, 6.07) is 4.08. The van der Waals surface area contributed by atoms with E-state index in [9.17, 15) is 0 Å². The molecule has 4 aromatic heterocycles. The minimum Gasteiger partial charge on any atom is -0.264 e. The quantitative estimate of drug-likeness (QED) is 0.207. The highest BCUT2D eigenvalue weighted by atomic mass is 14.9. The molecule has 7 nitrogen and oxygen atoms in total. The van der Waals surface area contributed by atoms with Gasteiger partial charge in [-0.1, -0.05) is 103 Å². The first-order chi connectivity index (χ1) is 20.9. The average molecular weight is 628 g/mol. The van der Waals surface area contributed by atoms with Crippen molar-refractivity contribution in [2.75, 3.05) is 0 Å². The lowest BCUT2D eigenvalue weighted by atomic mass is 9.87. The van der Waals surface area contributed by atoms with Crippen molar-refractivity contribution in [3.05, 3.63) is 101 Å². The minimum absolute atomic E-state index is 0.148. The van der Waals surface area contributed by atoms with Gasteiger partial charge in [0.2, 0.25) is 0 Å². The molecule has 4 heterocycles. The highest BCUT2D eigenvalue weighted by molar-refractivity contribution is 5.24. The van der Waals surface area contributed by atoms with E-state index in [0.29, 0.717) is 5.92 Å². The summed E-state index contributed by atoms with van der Waals surface area (Å²) in [6.45, 7) is 36.1. The molecular formula is C39H61N7. The first-order valence-corrected chi connectivity index (χ1v) is 16.3. The summed E-state index contributed by atoms with van der Waals surface area (Å²) in [4.78, 5) is 29.5. The molecule has 0 N–H and O–H groups in total. The van der Waals surface area contributed by atoms with E-state index >= 15 is 0 Å². The third-order valence-corrected chi connectivity index (χ3v) is 7.14. The van der Waals surface area contributed by atoms with Gasteiger partial charge in [-0.3, -0.25) is 4.98 Å². The molecule has 4 aromatic rings. The second kappa shape index (κ2) is 16.8. The van der Waals surface area contributed by atoms with E-state index in [2.05, 4.69) is 138 Å². The van der Waals surface area contributed by atoms with Crippen molar-refractivity contribution in [2.45, 2.75) is 145 Å². The molecule has 0 spiro atoms. The lowest BCUT2D eigenvalue weighted by molar-refractivity contribution is 0.577. The van der Waals surface area contributed by atoms with Gasteiger partial charge in [-0.25, -0.2) is 29.9 Å². The molecule has 0 saturated carbocycles. The molecule has 0 aliphatic heterocycles. The number of nitrogens with zero attached hydrogens (tertiary/aromatic N) is 7.